The SMILES string of the molecule is CC(O)(O)c1ccc(C2(N)CC2)cc1. The van der Waals surface area contributed by atoms with Crippen molar-refractivity contribution < 1.29 is 10.2 Å². The summed E-state index contributed by atoms with van der Waals surface area (Å²) in [5.41, 5.74) is 7.41. The lowest BCUT2D eigenvalue weighted by Gasteiger charge is -2.17. The smallest absolute Gasteiger partial charge is 0.186 e. The van der Waals surface area contributed by atoms with Crippen molar-refractivity contribution in [3.8, 4) is 0 Å². The van der Waals surface area contributed by atoms with Crippen LogP contribution in [0.1, 0.15) is 30.9 Å². The summed E-state index contributed by atoms with van der Waals surface area (Å²) in [5, 5.41) is 18.6. The van der Waals surface area contributed by atoms with E-state index in [4.69, 9.17) is 5.73 Å². The molecule has 0 aliphatic heterocycles. The molecule has 0 radical (unpaired) electrons. The molecule has 1 aliphatic carbocycles. The van der Waals surface area contributed by atoms with Gasteiger partial charge in [-0.1, -0.05) is 24.3 Å². The number of hydrogen-bond donors (Lipinski definition) is 3. The second-order valence-electron chi connectivity index (χ2n) is 4.25. The summed E-state index contributed by atoms with van der Waals surface area (Å²) in [6.07, 6.45) is 2.03. The number of nitrogens with two attached hydrogens (primary N) is 1. The molecule has 1 saturated carbocycles. The second kappa shape index (κ2) is 2.79. The maximum absolute atomic E-state index is 9.32. The van der Waals surface area contributed by atoms with Gasteiger partial charge < -0.3 is 15.9 Å². The highest BCUT2D eigenvalue weighted by molar-refractivity contribution is 5.33. The largest absolute Gasteiger partial charge is 0.362 e. The molecule has 3 heteroatoms. The fourth-order valence-electron chi connectivity index (χ4n) is 1.54. The first-order chi connectivity index (χ1) is 6.42. The predicted octanol–water partition coefficient (Wildman–Crippen LogP) is 0.792. The van der Waals surface area contributed by atoms with Crippen LogP contribution in [0, 0.1) is 0 Å². The molecule has 0 atom stereocenters. The Morgan fingerprint density at radius 3 is 2.07 bits per heavy atom. The van der Waals surface area contributed by atoms with Crippen molar-refractivity contribution in [1.82, 2.24) is 0 Å². The molecule has 1 aromatic carbocycles. The lowest BCUT2D eigenvalue weighted by molar-refractivity contribution is -0.152. The van der Waals surface area contributed by atoms with Gasteiger partial charge in [0.15, 0.2) is 5.79 Å². The van der Waals surface area contributed by atoms with Crippen LogP contribution in [0.2, 0.25) is 0 Å². The fourth-order valence-corrected chi connectivity index (χ4v) is 1.54. The maximum atomic E-state index is 9.32. The van der Waals surface area contributed by atoms with Crippen molar-refractivity contribution >= 4 is 0 Å². The van der Waals surface area contributed by atoms with E-state index in [0.29, 0.717) is 5.56 Å². The molecule has 0 saturated heterocycles. The molecule has 1 aliphatic rings. The van der Waals surface area contributed by atoms with Crippen LogP contribution < -0.4 is 5.73 Å². The lowest BCUT2D eigenvalue weighted by Crippen LogP contribution is -2.21. The summed E-state index contributed by atoms with van der Waals surface area (Å²) < 4.78 is 0. The topological polar surface area (TPSA) is 66.5 Å². The molecule has 4 N–H and O–H groups in total. The van der Waals surface area contributed by atoms with E-state index >= 15 is 0 Å². The first kappa shape index (κ1) is 9.65. The summed E-state index contributed by atoms with van der Waals surface area (Å²) in [7, 11) is 0. The predicted molar refractivity (Wildman–Crippen MR) is 53.3 cm³/mol. The molecule has 0 heterocycles. The Kier molecular flexibility index (Phi) is 1.93. The van der Waals surface area contributed by atoms with Crippen molar-refractivity contribution in [3.05, 3.63) is 35.4 Å². The van der Waals surface area contributed by atoms with Crippen LogP contribution in [-0.4, -0.2) is 10.2 Å². The summed E-state index contributed by atoms with van der Waals surface area (Å²) in [6, 6.07) is 7.16. The minimum Gasteiger partial charge on any atom is -0.362 e. The quantitative estimate of drug-likeness (QED) is 0.608. The van der Waals surface area contributed by atoms with Crippen LogP contribution in [0.15, 0.2) is 24.3 Å². The van der Waals surface area contributed by atoms with E-state index in [2.05, 4.69) is 0 Å². The summed E-state index contributed by atoms with van der Waals surface area (Å²) in [5.74, 6) is -1.76. The van der Waals surface area contributed by atoms with Gasteiger partial charge in [0, 0.05) is 11.1 Å². The van der Waals surface area contributed by atoms with Crippen LogP contribution >= 0.6 is 0 Å². The number of hydrogen-bond acceptors (Lipinski definition) is 3. The normalized spacial score (nSPS) is 19.4. The van der Waals surface area contributed by atoms with E-state index in [1.54, 1.807) is 12.1 Å². The fraction of sp³-hybridized carbons (Fsp3) is 0.455. The van der Waals surface area contributed by atoms with Crippen LogP contribution in [0.25, 0.3) is 0 Å². The van der Waals surface area contributed by atoms with Gasteiger partial charge in [-0.2, -0.15) is 0 Å². The van der Waals surface area contributed by atoms with Crippen molar-refractivity contribution in [2.75, 3.05) is 0 Å². The third kappa shape index (κ3) is 1.66. The molecular weight excluding hydrogens is 178 g/mol. The van der Waals surface area contributed by atoms with E-state index in [9.17, 15) is 10.2 Å². The van der Waals surface area contributed by atoms with Crippen LogP contribution in [-0.2, 0) is 11.3 Å². The molecule has 0 amide bonds. The second-order valence-corrected chi connectivity index (χ2v) is 4.25. The van der Waals surface area contributed by atoms with E-state index < -0.39 is 5.79 Å². The molecule has 76 valence electrons. The first-order valence-corrected chi connectivity index (χ1v) is 4.76. The Bertz CT molecular complexity index is 309. The van der Waals surface area contributed by atoms with Crippen molar-refractivity contribution in [2.24, 2.45) is 5.73 Å². The standard InChI is InChI=1S/C11H15NO2/c1-10(13,14)8-2-4-9(5-3-8)11(12)6-7-11/h2-5,13-14H,6-7,12H2,1H3. The van der Waals surface area contributed by atoms with Gasteiger partial charge in [-0.3, -0.25) is 0 Å². The molecular formula is C11H15NO2. The average Bonchev–Trinajstić information content (AvgIpc) is 2.84. The Balaban J connectivity index is 2.27. The highest BCUT2D eigenvalue weighted by atomic mass is 16.5. The van der Waals surface area contributed by atoms with Gasteiger partial charge in [0.1, 0.15) is 0 Å². The van der Waals surface area contributed by atoms with Crippen LogP contribution in [0.5, 0.6) is 0 Å². The Labute approximate surface area is 83.2 Å². The third-order valence-corrected chi connectivity index (χ3v) is 2.80. The van der Waals surface area contributed by atoms with Gasteiger partial charge in [0.25, 0.3) is 0 Å². The van der Waals surface area contributed by atoms with Gasteiger partial charge in [-0.25, -0.2) is 0 Å². The van der Waals surface area contributed by atoms with E-state index in [0.717, 1.165) is 18.4 Å². The summed E-state index contributed by atoms with van der Waals surface area (Å²) >= 11 is 0. The van der Waals surface area contributed by atoms with Gasteiger partial charge >= 0.3 is 0 Å². The number of rotatable bonds is 2. The van der Waals surface area contributed by atoms with Crippen molar-refractivity contribution in [2.45, 2.75) is 31.1 Å². The molecule has 0 bridgehead atoms. The first-order valence-electron chi connectivity index (χ1n) is 4.76. The minimum atomic E-state index is -1.76. The van der Waals surface area contributed by atoms with Crippen LogP contribution in [0.4, 0.5) is 0 Å². The van der Waals surface area contributed by atoms with E-state index in [1.165, 1.54) is 6.92 Å². The Morgan fingerprint density at radius 1 is 1.21 bits per heavy atom. The number of benzene rings is 1. The van der Waals surface area contributed by atoms with Gasteiger partial charge in [-0.05, 0) is 25.3 Å². The molecule has 1 aromatic rings. The molecule has 0 spiro atoms. The zero-order valence-corrected chi connectivity index (χ0v) is 8.20. The van der Waals surface area contributed by atoms with Gasteiger partial charge in [0.05, 0.1) is 0 Å². The van der Waals surface area contributed by atoms with Crippen LogP contribution in [0.3, 0.4) is 0 Å². The highest BCUT2D eigenvalue weighted by Crippen LogP contribution is 2.42. The third-order valence-electron chi connectivity index (χ3n) is 2.80. The average molecular weight is 193 g/mol. The van der Waals surface area contributed by atoms with Crippen molar-refractivity contribution in [1.29, 1.82) is 0 Å². The monoisotopic (exact) mass is 193 g/mol. The molecule has 0 aromatic heterocycles. The maximum Gasteiger partial charge on any atom is 0.186 e. The summed E-state index contributed by atoms with van der Waals surface area (Å²) in [6.45, 7) is 1.34. The molecule has 3 nitrogen and oxygen atoms in total. The van der Waals surface area contributed by atoms with Crippen molar-refractivity contribution in [3.63, 3.8) is 0 Å². The van der Waals surface area contributed by atoms with E-state index in [-0.39, 0.29) is 5.54 Å². The van der Waals surface area contributed by atoms with E-state index in [1.807, 2.05) is 12.1 Å². The molecule has 1 fully saturated rings. The Hall–Kier alpha value is -0.900. The lowest BCUT2D eigenvalue weighted by atomic mass is 10.0. The van der Waals surface area contributed by atoms with Gasteiger partial charge in [-0.15, -0.1) is 0 Å². The molecule has 14 heavy (non-hydrogen) atoms. The molecule has 0 unspecified atom stereocenters. The van der Waals surface area contributed by atoms with Gasteiger partial charge in [0.2, 0.25) is 0 Å². The molecule has 2 rings (SSSR count). The summed E-state index contributed by atoms with van der Waals surface area (Å²) in [4.78, 5) is 0. The number of aliphatic hydroxyl groups is 2. The Morgan fingerprint density at radius 2 is 1.71 bits per heavy atom. The highest BCUT2D eigenvalue weighted by Gasteiger charge is 2.39. The zero-order chi connectivity index (χ0) is 10.4. The minimum absolute atomic E-state index is 0.153. The zero-order valence-electron chi connectivity index (χ0n) is 8.20.